The van der Waals surface area contributed by atoms with Crippen molar-refractivity contribution < 1.29 is 9.84 Å². The van der Waals surface area contributed by atoms with E-state index in [1.54, 1.807) is 11.3 Å². The van der Waals surface area contributed by atoms with Gasteiger partial charge in [0.2, 0.25) is 0 Å². The lowest BCUT2D eigenvalue weighted by molar-refractivity contribution is 0.122. The zero-order chi connectivity index (χ0) is 9.97. The van der Waals surface area contributed by atoms with Crippen LogP contribution in [0.2, 0.25) is 0 Å². The Balaban J connectivity index is 1.82. The molecular weight excluding hydrogens is 198 g/mol. The zero-order valence-corrected chi connectivity index (χ0v) is 9.01. The van der Waals surface area contributed by atoms with Gasteiger partial charge in [-0.15, -0.1) is 11.3 Å². The summed E-state index contributed by atoms with van der Waals surface area (Å²) in [6.07, 6.45) is -0.351. The summed E-state index contributed by atoms with van der Waals surface area (Å²) in [4.78, 5) is 2.63. The lowest BCUT2D eigenvalue weighted by atomic mass is 10.2. The number of nitrogens with one attached hydrogen (secondary N) is 1. The van der Waals surface area contributed by atoms with Crippen LogP contribution in [0.15, 0.2) is 12.1 Å². The van der Waals surface area contributed by atoms with Crippen LogP contribution >= 0.6 is 11.3 Å². The third kappa shape index (κ3) is 2.33. The van der Waals surface area contributed by atoms with Gasteiger partial charge in [-0.25, -0.2) is 0 Å². The van der Waals surface area contributed by atoms with E-state index in [0.717, 1.165) is 6.54 Å². The number of aryl methyl sites for hydroxylation is 1. The second kappa shape index (κ2) is 4.40. The fraction of sp³-hybridized carbons (Fsp3) is 0.600. The fourth-order valence-corrected chi connectivity index (χ4v) is 2.39. The Kier molecular flexibility index (Phi) is 3.18. The Morgan fingerprint density at radius 2 is 2.43 bits per heavy atom. The molecule has 1 aliphatic rings. The molecule has 0 bridgehead atoms. The number of rotatable bonds is 3. The van der Waals surface area contributed by atoms with Crippen molar-refractivity contribution in [1.29, 1.82) is 0 Å². The van der Waals surface area contributed by atoms with Gasteiger partial charge < -0.3 is 15.2 Å². The Bertz CT molecular complexity index is 300. The maximum Gasteiger partial charge on any atom is 0.0948 e. The van der Waals surface area contributed by atoms with Crippen molar-refractivity contribution in [1.82, 2.24) is 5.32 Å². The first kappa shape index (κ1) is 10.1. The van der Waals surface area contributed by atoms with E-state index in [4.69, 9.17) is 4.74 Å². The molecule has 14 heavy (non-hydrogen) atoms. The summed E-state index contributed by atoms with van der Waals surface area (Å²) in [5.41, 5.74) is 0. The van der Waals surface area contributed by atoms with Gasteiger partial charge >= 0.3 is 0 Å². The quantitative estimate of drug-likeness (QED) is 0.784. The van der Waals surface area contributed by atoms with Crippen molar-refractivity contribution >= 4 is 11.3 Å². The SMILES string of the molecule is Cc1ccc(CNC2COCC2O)s1. The van der Waals surface area contributed by atoms with Gasteiger partial charge in [-0.3, -0.25) is 0 Å². The lowest BCUT2D eigenvalue weighted by Crippen LogP contribution is -2.38. The van der Waals surface area contributed by atoms with E-state index in [0.29, 0.717) is 13.2 Å². The number of aliphatic hydroxyl groups excluding tert-OH is 1. The van der Waals surface area contributed by atoms with Crippen molar-refractivity contribution in [3.05, 3.63) is 21.9 Å². The van der Waals surface area contributed by atoms with E-state index in [1.807, 2.05) is 0 Å². The number of aliphatic hydroxyl groups is 1. The maximum absolute atomic E-state index is 9.49. The van der Waals surface area contributed by atoms with Gasteiger partial charge in [0.1, 0.15) is 0 Å². The standard InChI is InChI=1S/C10H15NO2S/c1-7-2-3-8(14-7)4-11-9-5-13-6-10(9)12/h2-3,9-12H,4-6H2,1H3. The molecule has 0 spiro atoms. The van der Waals surface area contributed by atoms with Crippen LogP contribution < -0.4 is 5.32 Å². The average Bonchev–Trinajstić information content (AvgIpc) is 2.72. The van der Waals surface area contributed by atoms with Crippen molar-refractivity contribution in [2.45, 2.75) is 25.6 Å². The lowest BCUT2D eigenvalue weighted by Gasteiger charge is -2.13. The predicted molar refractivity (Wildman–Crippen MR) is 56.5 cm³/mol. The molecule has 0 amide bonds. The number of thiophene rings is 1. The first-order valence-electron chi connectivity index (χ1n) is 4.80. The first-order chi connectivity index (χ1) is 6.75. The highest BCUT2D eigenvalue weighted by Gasteiger charge is 2.25. The molecule has 2 unspecified atom stereocenters. The molecule has 1 saturated heterocycles. The first-order valence-corrected chi connectivity index (χ1v) is 5.62. The molecule has 0 aromatic carbocycles. The topological polar surface area (TPSA) is 41.5 Å². The van der Waals surface area contributed by atoms with Gasteiger partial charge in [0.05, 0.1) is 25.4 Å². The van der Waals surface area contributed by atoms with Crippen LogP contribution in [-0.4, -0.2) is 30.5 Å². The van der Waals surface area contributed by atoms with Crippen LogP contribution in [0.5, 0.6) is 0 Å². The molecule has 0 radical (unpaired) electrons. The van der Waals surface area contributed by atoms with E-state index in [1.165, 1.54) is 9.75 Å². The molecule has 4 heteroatoms. The van der Waals surface area contributed by atoms with Crippen LogP contribution in [0, 0.1) is 6.92 Å². The van der Waals surface area contributed by atoms with Gasteiger partial charge in [-0.2, -0.15) is 0 Å². The van der Waals surface area contributed by atoms with Crippen molar-refractivity contribution in [2.24, 2.45) is 0 Å². The summed E-state index contributed by atoms with van der Waals surface area (Å²) in [5.74, 6) is 0. The fourth-order valence-electron chi connectivity index (χ4n) is 1.55. The van der Waals surface area contributed by atoms with Gasteiger partial charge in [-0.1, -0.05) is 0 Å². The predicted octanol–water partition coefficient (Wildman–Crippen LogP) is 0.906. The van der Waals surface area contributed by atoms with Gasteiger partial charge in [0, 0.05) is 16.3 Å². The van der Waals surface area contributed by atoms with Gasteiger partial charge in [0.25, 0.3) is 0 Å². The molecule has 0 saturated carbocycles. The molecule has 2 N–H and O–H groups in total. The van der Waals surface area contributed by atoms with Crippen molar-refractivity contribution in [3.63, 3.8) is 0 Å². The molecule has 1 aliphatic heterocycles. The van der Waals surface area contributed by atoms with E-state index in [-0.39, 0.29) is 12.1 Å². The highest BCUT2D eigenvalue weighted by Crippen LogP contribution is 2.15. The summed E-state index contributed by atoms with van der Waals surface area (Å²) < 4.78 is 5.15. The number of ether oxygens (including phenoxy) is 1. The smallest absolute Gasteiger partial charge is 0.0948 e. The third-order valence-electron chi connectivity index (χ3n) is 2.38. The zero-order valence-electron chi connectivity index (χ0n) is 8.19. The molecule has 1 aromatic rings. The molecule has 78 valence electrons. The van der Waals surface area contributed by atoms with Crippen molar-refractivity contribution in [3.8, 4) is 0 Å². The molecule has 0 aliphatic carbocycles. The largest absolute Gasteiger partial charge is 0.389 e. The van der Waals surface area contributed by atoms with E-state index >= 15 is 0 Å². The van der Waals surface area contributed by atoms with E-state index < -0.39 is 0 Å². The van der Waals surface area contributed by atoms with Crippen LogP contribution in [0.3, 0.4) is 0 Å². The Hall–Kier alpha value is -0.420. The monoisotopic (exact) mass is 213 g/mol. The molecule has 1 aromatic heterocycles. The molecule has 3 nitrogen and oxygen atoms in total. The van der Waals surface area contributed by atoms with Gasteiger partial charge in [0.15, 0.2) is 0 Å². The van der Waals surface area contributed by atoms with Crippen LogP contribution in [0.4, 0.5) is 0 Å². The van der Waals surface area contributed by atoms with Gasteiger partial charge in [-0.05, 0) is 19.1 Å². The maximum atomic E-state index is 9.49. The number of hydrogen-bond acceptors (Lipinski definition) is 4. The van der Waals surface area contributed by atoms with Crippen LogP contribution in [0.1, 0.15) is 9.75 Å². The van der Waals surface area contributed by atoms with Crippen LogP contribution in [-0.2, 0) is 11.3 Å². The summed E-state index contributed by atoms with van der Waals surface area (Å²) in [7, 11) is 0. The normalized spacial score (nSPS) is 27.0. The second-order valence-electron chi connectivity index (χ2n) is 3.60. The summed E-state index contributed by atoms with van der Waals surface area (Å²) >= 11 is 1.79. The molecule has 2 atom stereocenters. The Morgan fingerprint density at radius 3 is 3.00 bits per heavy atom. The van der Waals surface area contributed by atoms with E-state index in [2.05, 4.69) is 24.4 Å². The highest BCUT2D eigenvalue weighted by atomic mass is 32.1. The van der Waals surface area contributed by atoms with Crippen molar-refractivity contribution in [2.75, 3.05) is 13.2 Å². The van der Waals surface area contributed by atoms with Crippen LogP contribution in [0.25, 0.3) is 0 Å². The molecule has 1 fully saturated rings. The highest BCUT2D eigenvalue weighted by molar-refractivity contribution is 7.11. The third-order valence-corrected chi connectivity index (χ3v) is 3.39. The minimum atomic E-state index is -0.351. The summed E-state index contributed by atoms with van der Waals surface area (Å²) in [6.45, 7) is 4.00. The number of hydrogen-bond donors (Lipinski definition) is 2. The van der Waals surface area contributed by atoms with E-state index in [9.17, 15) is 5.11 Å². The minimum Gasteiger partial charge on any atom is -0.389 e. The second-order valence-corrected chi connectivity index (χ2v) is 4.98. The summed E-state index contributed by atoms with van der Waals surface area (Å²) in [5, 5.41) is 12.8. The average molecular weight is 213 g/mol. The molecule has 2 rings (SSSR count). The molecular formula is C10H15NO2S. The Labute approximate surface area is 87.7 Å². The Morgan fingerprint density at radius 1 is 1.57 bits per heavy atom. The minimum absolute atomic E-state index is 0.0948. The summed E-state index contributed by atoms with van der Waals surface area (Å²) in [6, 6.07) is 4.33. The molecule has 2 heterocycles.